The van der Waals surface area contributed by atoms with Crippen LogP contribution in [0.1, 0.15) is 36.7 Å². The van der Waals surface area contributed by atoms with Gasteiger partial charge in [0.05, 0.1) is 5.56 Å². The minimum absolute atomic E-state index is 0.207. The first kappa shape index (κ1) is 16.2. The first-order valence-electron chi connectivity index (χ1n) is 8.83. The number of cyclic esters (lactones) is 1. The lowest BCUT2D eigenvalue weighted by Crippen LogP contribution is -2.37. The molecular formula is C19H24N2O4. The summed E-state index contributed by atoms with van der Waals surface area (Å²) in [5.74, 6) is 0.713. The Bertz CT molecular complexity index is 711. The Kier molecular flexibility index (Phi) is 3.67. The Morgan fingerprint density at radius 2 is 1.84 bits per heavy atom. The predicted octanol–water partition coefficient (Wildman–Crippen LogP) is 2.66. The molecule has 6 nitrogen and oxygen atoms in total. The molecule has 0 aliphatic carbocycles. The van der Waals surface area contributed by atoms with Crippen LogP contribution >= 0.6 is 0 Å². The van der Waals surface area contributed by atoms with E-state index in [2.05, 4.69) is 11.0 Å². The number of esters is 1. The Morgan fingerprint density at radius 1 is 1.16 bits per heavy atom. The number of nitrogens with zero attached hydrogens (tertiary/aromatic N) is 2. The molecule has 0 spiro atoms. The number of carbonyl (C=O) groups excluding carboxylic acids is 2. The molecule has 2 saturated heterocycles. The minimum atomic E-state index is -0.454. The molecule has 4 rings (SSSR count). The van der Waals surface area contributed by atoms with Gasteiger partial charge in [-0.15, -0.1) is 0 Å². The van der Waals surface area contributed by atoms with Gasteiger partial charge in [-0.25, -0.2) is 9.59 Å². The molecule has 1 aromatic carbocycles. The molecule has 0 radical (unpaired) electrons. The third kappa shape index (κ3) is 3.05. The molecule has 134 valence electrons. The van der Waals surface area contributed by atoms with Gasteiger partial charge in [0.15, 0.2) is 0 Å². The van der Waals surface area contributed by atoms with Crippen LogP contribution in [-0.4, -0.2) is 48.7 Å². The lowest BCUT2D eigenvalue weighted by molar-refractivity contribution is 0.0282. The summed E-state index contributed by atoms with van der Waals surface area (Å²) in [5, 5.41) is 0. The minimum Gasteiger partial charge on any atom is -0.457 e. The van der Waals surface area contributed by atoms with E-state index in [0.717, 1.165) is 37.4 Å². The van der Waals surface area contributed by atoms with Crippen LogP contribution in [-0.2, 0) is 16.1 Å². The zero-order valence-electron chi connectivity index (χ0n) is 14.9. The summed E-state index contributed by atoms with van der Waals surface area (Å²) in [7, 11) is 0. The Balaban J connectivity index is 1.40. The van der Waals surface area contributed by atoms with E-state index in [1.165, 1.54) is 0 Å². The van der Waals surface area contributed by atoms with E-state index in [-0.39, 0.29) is 12.1 Å². The number of ether oxygens (including phenoxy) is 2. The number of hydrogen-bond acceptors (Lipinski definition) is 5. The molecule has 2 fully saturated rings. The molecule has 0 saturated carbocycles. The molecule has 0 N–H and O–H groups in total. The van der Waals surface area contributed by atoms with Gasteiger partial charge in [-0.3, -0.25) is 0 Å². The van der Waals surface area contributed by atoms with Gasteiger partial charge in [0.1, 0.15) is 12.2 Å². The van der Waals surface area contributed by atoms with Crippen LogP contribution in [0.5, 0.6) is 0 Å². The van der Waals surface area contributed by atoms with Gasteiger partial charge in [0.25, 0.3) is 0 Å². The molecule has 0 aromatic heterocycles. The first-order valence-corrected chi connectivity index (χ1v) is 8.83. The summed E-state index contributed by atoms with van der Waals surface area (Å²) >= 11 is 0. The summed E-state index contributed by atoms with van der Waals surface area (Å²) in [6.07, 6.45) is -0.207. The smallest absolute Gasteiger partial charge is 0.410 e. The third-order valence-corrected chi connectivity index (χ3v) is 5.17. The summed E-state index contributed by atoms with van der Waals surface area (Å²) in [4.78, 5) is 28.0. The second-order valence-corrected chi connectivity index (χ2v) is 8.23. The number of anilines is 1. The van der Waals surface area contributed by atoms with E-state index in [1.807, 2.05) is 37.8 Å². The van der Waals surface area contributed by atoms with Gasteiger partial charge in [-0.2, -0.15) is 0 Å². The quantitative estimate of drug-likeness (QED) is 0.733. The van der Waals surface area contributed by atoms with Crippen LogP contribution in [0.3, 0.4) is 0 Å². The monoisotopic (exact) mass is 344 g/mol. The molecular weight excluding hydrogens is 320 g/mol. The average Bonchev–Trinajstić information content (AvgIpc) is 3.18. The van der Waals surface area contributed by atoms with Gasteiger partial charge < -0.3 is 19.3 Å². The molecule has 0 unspecified atom stereocenters. The van der Waals surface area contributed by atoms with E-state index in [4.69, 9.17) is 9.47 Å². The fraction of sp³-hybridized carbons (Fsp3) is 0.579. The highest BCUT2D eigenvalue weighted by Gasteiger charge is 2.43. The molecule has 2 atom stereocenters. The molecule has 6 heteroatoms. The van der Waals surface area contributed by atoms with Crippen LogP contribution in [0.2, 0.25) is 0 Å². The van der Waals surface area contributed by atoms with E-state index in [9.17, 15) is 9.59 Å². The lowest BCUT2D eigenvalue weighted by Gasteiger charge is -2.26. The zero-order valence-corrected chi connectivity index (χ0v) is 14.9. The number of carbonyl (C=O) groups is 2. The first-order chi connectivity index (χ1) is 11.8. The Hall–Kier alpha value is -2.24. The molecule has 25 heavy (non-hydrogen) atoms. The lowest BCUT2D eigenvalue weighted by atomic mass is 10.0. The normalized spacial score (nSPS) is 25.0. The maximum absolute atomic E-state index is 12.2. The van der Waals surface area contributed by atoms with Crippen LogP contribution in [0.4, 0.5) is 10.5 Å². The Labute approximate surface area is 147 Å². The number of hydrogen-bond donors (Lipinski definition) is 0. The van der Waals surface area contributed by atoms with Crippen molar-refractivity contribution in [3.8, 4) is 0 Å². The van der Waals surface area contributed by atoms with Crippen LogP contribution in [0.25, 0.3) is 0 Å². The van der Waals surface area contributed by atoms with Crippen molar-refractivity contribution in [3.05, 3.63) is 29.3 Å². The number of amides is 1. The molecule has 3 aliphatic rings. The highest BCUT2D eigenvalue weighted by Crippen LogP contribution is 2.36. The number of rotatable bonds is 1. The van der Waals surface area contributed by atoms with Crippen LogP contribution < -0.4 is 4.90 Å². The van der Waals surface area contributed by atoms with Crippen molar-refractivity contribution in [2.24, 2.45) is 11.8 Å². The fourth-order valence-electron chi connectivity index (χ4n) is 4.00. The summed E-state index contributed by atoms with van der Waals surface area (Å²) in [5.41, 5.74) is 2.33. The largest absolute Gasteiger partial charge is 0.457 e. The second-order valence-electron chi connectivity index (χ2n) is 8.23. The van der Waals surface area contributed by atoms with E-state index in [1.54, 1.807) is 0 Å². The standard InChI is InChI=1S/C19H24N2O4/c1-19(2,3)25-18(23)21-9-13-7-20(8-14(13)10-21)15-4-5-16-12(6-15)11-24-17(16)22/h4-6,13-14H,7-11H2,1-3H3/t13-,14+. The zero-order chi connectivity index (χ0) is 17.8. The van der Waals surface area contributed by atoms with E-state index < -0.39 is 5.60 Å². The van der Waals surface area contributed by atoms with Gasteiger partial charge >= 0.3 is 12.1 Å². The van der Waals surface area contributed by atoms with Crippen molar-refractivity contribution in [1.82, 2.24) is 4.90 Å². The highest BCUT2D eigenvalue weighted by molar-refractivity contribution is 5.93. The summed E-state index contributed by atoms with van der Waals surface area (Å²) < 4.78 is 10.6. The van der Waals surface area contributed by atoms with Gasteiger partial charge in [-0.05, 0) is 39.0 Å². The van der Waals surface area contributed by atoms with Crippen molar-refractivity contribution in [2.45, 2.75) is 33.0 Å². The molecule has 3 aliphatic heterocycles. The van der Waals surface area contributed by atoms with Crippen molar-refractivity contribution in [1.29, 1.82) is 0 Å². The molecule has 3 heterocycles. The molecule has 0 bridgehead atoms. The van der Waals surface area contributed by atoms with E-state index >= 15 is 0 Å². The van der Waals surface area contributed by atoms with E-state index in [0.29, 0.717) is 24.0 Å². The fourth-order valence-corrected chi connectivity index (χ4v) is 4.00. The number of fused-ring (bicyclic) bond motifs is 2. The second kappa shape index (κ2) is 5.64. The maximum atomic E-state index is 12.2. The van der Waals surface area contributed by atoms with Crippen molar-refractivity contribution < 1.29 is 19.1 Å². The predicted molar refractivity (Wildman–Crippen MR) is 92.6 cm³/mol. The van der Waals surface area contributed by atoms with Crippen molar-refractivity contribution >= 4 is 17.7 Å². The third-order valence-electron chi connectivity index (χ3n) is 5.17. The number of likely N-dealkylation sites (tertiary alicyclic amines) is 1. The van der Waals surface area contributed by atoms with Crippen LogP contribution in [0, 0.1) is 11.8 Å². The summed E-state index contributed by atoms with van der Waals surface area (Å²) in [6.45, 7) is 9.42. The van der Waals surface area contributed by atoms with Gasteiger partial charge in [0, 0.05) is 49.3 Å². The molecule has 1 aromatic rings. The number of benzene rings is 1. The van der Waals surface area contributed by atoms with Gasteiger partial charge in [-0.1, -0.05) is 0 Å². The van der Waals surface area contributed by atoms with Crippen LogP contribution in [0.15, 0.2) is 18.2 Å². The van der Waals surface area contributed by atoms with Crippen molar-refractivity contribution in [3.63, 3.8) is 0 Å². The SMILES string of the molecule is CC(C)(C)OC(=O)N1C[C@@H]2CN(c3ccc4c(c3)COC4=O)C[C@@H]2C1. The topological polar surface area (TPSA) is 59.1 Å². The summed E-state index contributed by atoms with van der Waals surface area (Å²) in [6, 6.07) is 5.92. The average molecular weight is 344 g/mol. The maximum Gasteiger partial charge on any atom is 0.410 e. The van der Waals surface area contributed by atoms with Crippen molar-refractivity contribution in [2.75, 3.05) is 31.1 Å². The molecule has 1 amide bonds. The highest BCUT2D eigenvalue weighted by atomic mass is 16.6. The Morgan fingerprint density at radius 3 is 2.48 bits per heavy atom. The van der Waals surface area contributed by atoms with Gasteiger partial charge in [0.2, 0.25) is 0 Å².